The number of nitrogens with zero attached hydrogens (tertiary/aromatic N) is 4. The van der Waals surface area contributed by atoms with E-state index >= 15 is 0 Å². The van der Waals surface area contributed by atoms with E-state index in [1.807, 2.05) is 0 Å². The lowest BCUT2D eigenvalue weighted by atomic mass is 10.3. The fourth-order valence-corrected chi connectivity index (χ4v) is 2.36. The summed E-state index contributed by atoms with van der Waals surface area (Å²) in [6.45, 7) is 4.52. The lowest BCUT2D eigenvalue weighted by Gasteiger charge is -2.10. The first-order valence-corrected chi connectivity index (χ1v) is 5.57. The van der Waals surface area contributed by atoms with Gasteiger partial charge in [-0.15, -0.1) is 16.4 Å². The van der Waals surface area contributed by atoms with E-state index in [9.17, 15) is 0 Å². The SMILES string of the molecule is Cc1ccc(C(C)n2nnnc2CN)s1. The number of rotatable bonds is 3. The van der Waals surface area contributed by atoms with Crippen molar-refractivity contribution in [1.82, 2.24) is 20.2 Å². The lowest BCUT2D eigenvalue weighted by molar-refractivity contribution is 0.528. The zero-order valence-corrected chi connectivity index (χ0v) is 9.53. The fraction of sp³-hybridized carbons (Fsp3) is 0.444. The van der Waals surface area contributed by atoms with Gasteiger partial charge in [-0.05, 0) is 36.4 Å². The zero-order valence-electron chi connectivity index (χ0n) is 8.71. The number of hydrogen-bond acceptors (Lipinski definition) is 5. The van der Waals surface area contributed by atoms with Crippen LogP contribution in [0.3, 0.4) is 0 Å². The van der Waals surface area contributed by atoms with Crippen LogP contribution in [0.15, 0.2) is 12.1 Å². The van der Waals surface area contributed by atoms with Crippen molar-refractivity contribution in [2.24, 2.45) is 5.73 Å². The smallest absolute Gasteiger partial charge is 0.165 e. The maximum atomic E-state index is 5.56. The molecule has 0 saturated heterocycles. The van der Waals surface area contributed by atoms with Crippen LogP contribution in [0.25, 0.3) is 0 Å². The summed E-state index contributed by atoms with van der Waals surface area (Å²) in [5.74, 6) is 0.716. The van der Waals surface area contributed by atoms with E-state index in [0.29, 0.717) is 12.4 Å². The normalized spacial score (nSPS) is 13.0. The molecule has 80 valence electrons. The van der Waals surface area contributed by atoms with Crippen molar-refractivity contribution >= 4 is 11.3 Å². The van der Waals surface area contributed by atoms with E-state index in [-0.39, 0.29) is 6.04 Å². The van der Waals surface area contributed by atoms with Gasteiger partial charge in [-0.25, -0.2) is 4.68 Å². The van der Waals surface area contributed by atoms with E-state index in [1.165, 1.54) is 9.75 Å². The molecule has 0 fully saturated rings. The Bertz CT molecular complexity index is 447. The summed E-state index contributed by atoms with van der Waals surface area (Å²) < 4.78 is 1.77. The Morgan fingerprint density at radius 2 is 2.33 bits per heavy atom. The van der Waals surface area contributed by atoms with Crippen LogP contribution in [-0.2, 0) is 6.54 Å². The highest BCUT2D eigenvalue weighted by atomic mass is 32.1. The Morgan fingerprint density at radius 3 is 2.93 bits per heavy atom. The molecular formula is C9H13N5S. The van der Waals surface area contributed by atoms with Gasteiger partial charge >= 0.3 is 0 Å². The van der Waals surface area contributed by atoms with E-state index in [2.05, 4.69) is 41.5 Å². The molecule has 1 atom stereocenters. The first-order valence-electron chi connectivity index (χ1n) is 4.75. The highest BCUT2D eigenvalue weighted by Crippen LogP contribution is 2.25. The Labute approximate surface area is 91.9 Å². The van der Waals surface area contributed by atoms with Gasteiger partial charge in [-0.3, -0.25) is 0 Å². The number of thiophene rings is 1. The molecule has 1 unspecified atom stereocenters. The maximum absolute atomic E-state index is 5.56. The molecule has 0 aliphatic carbocycles. The fourth-order valence-electron chi connectivity index (χ4n) is 1.45. The number of nitrogens with two attached hydrogens (primary N) is 1. The summed E-state index contributed by atoms with van der Waals surface area (Å²) in [4.78, 5) is 2.54. The Balaban J connectivity index is 2.31. The van der Waals surface area contributed by atoms with Crippen molar-refractivity contribution < 1.29 is 0 Å². The van der Waals surface area contributed by atoms with Crippen molar-refractivity contribution in [3.8, 4) is 0 Å². The van der Waals surface area contributed by atoms with Crippen molar-refractivity contribution in [1.29, 1.82) is 0 Å². The van der Waals surface area contributed by atoms with Crippen LogP contribution < -0.4 is 5.73 Å². The number of aryl methyl sites for hydroxylation is 1. The van der Waals surface area contributed by atoms with Crippen LogP contribution >= 0.6 is 11.3 Å². The van der Waals surface area contributed by atoms with Gasteiger partial charge in [0.05, 0.1) is 12.6 Å². The number of aromatic nitrogens is 4. The lowest BCUT2D eigenvalue weighted by Crippen LogP contribution is -2.14. The number of tetrazole rings is 1. The molecular weight excluding hydrogens is 210 g/mol. The standard InChI is InChI=1S/C9H13N5S/c1-6-3-4-8(15-6)7(2)14-9(5-10)11-12-13-14/h3-4,7H,5,10H2,1-2H3. The second-order valence-electron chi connectivity index (χ2n) is 3.37. The third-order valence-corrected chi connectivity index (χ3v) is 3.45. The molecule has 0 aliphatic heterocycles. The number of hydrogen-bond donors (Lipinski definition) is 1. The van der Waals surface area contributed by atoms with Crippen LogP contribution in [-0.4, -0.2) is 20.2 Å². The summed E-state index contributed by atoms with van der Waals surface area (Å²) in [6.07, 6.45) is 0. The molecule has 0 aliphatic rings. The van der Waals surface area contributed by atoms with E-state index in [0.717, 1.165) is 0 Å². The van der Waals surface area contributed by atoms with Gasteiger partial charge < -0.3 is 5.73 Å². The average Bonchev–Trinajstić information content (AvgIpc) is 2.84. The van der Waals surface area contributed by atoms with Gasteiger partial charge in [-0.1, -0.05) is 0 Å². The third kappa shape index (κ3) is 1.91. The summed E-state index contributed by atoms with van der Waals surface area (Å²) in [6, 6.07) is 4.35. The molecule has 15 heavy (non-hydrogen) atoms. The predicted molar refractivity (Wildman–Crippen MR) is 58.6 cm³/mol. The molecule has 2 rings (SSSR count). The molecule has 2 aromatic rings. The molecule has 0 bridgehead atoms. The van der Waals surface area contributed by atoms with Gasteiger partial charge in [0.25, 0.3) is 0 Å². The van der Waals surface area contributed by atoms with Gasteiger partial charge in [0.15, 0.2) is 5.82 Å². The topological polar surface area (TPSA) is 69.6 Å². The molecule has 0 spiro atoms. The molecule has 0 aromatic carbocycles. The molecule has 0 amide bonds. The Kier molecular flexibility index (Phi) is 2.79. The minimum absolute atomic E-state index is 0.150. The summed E-state index contributed by atoms with van der Waals surface area (Å²) in [5.41, 5.74) is 5.56. The van der Waals surface area contributed by atoms with E-state index in [1.54, 1.807) is 16.0 Å². The van der Waals surface area contributed by atoms with Crippen molar-refractivity contribution in [2.45, 2.75) is 26.4 Å². The van der Waals surface area contributed by atoms with Crippen molar-refractivity contribution in [3.05, 3.63) is 27.7 Å². The summed E-state index contributed by atoms with van der Waals surface area (Å²) in [7, 11) is 0. The van der Waals surface area contributed by atoms with Crippen molar-refractivity contribution in [2.75, 3.05) is 0 Å². The quantitative estimate of drug-likeness (QED) is 0.846. The van der Waals surface area contributed by atoms with E-state index < -0.39 is 0 Å². The highest BCUT2D eigenvalue weighted by molar-refractivity contribution is 7.12. The largest absolute Gasteiger partial charge is 0.324 e. The Morgan fingerprint density at radius 1 is 1.53 bits per heavy atom. The molecule has 5 nitrogen and oxygen atoms in total. The molecule has 2 aromatic heterocycles. The minimum atomic E-state index is 0.150. The average molecular weight is 223 g/mol. The molecule has 6 heteroatoms. The first-order chi connectivity index (χ1) is 7.22. The predicted octanol–water partition coefficient (Wildman–Crippen LogP) is 1.11. The molecule has 0 radical (unpaired) electrons. The summed E-state index contributed by atoms with van der Waals surface area (Å²) >= 11 is 1.76. The van der Waals surface area contributed by atoms with Crippen LogP contribution in [0.5, 0.6) is 0 Å². The van der Waals surface area contributed by atoms with Crippen LogP contribution in [0, 0.1) is 6.92 Å². The minimum Gasteiger partial charge on any atom is -0.324 e. The van der Waals surface area contributed by atoms with Crippen LogP contribution in [0.1, 0.15) is 28.5 Å². The van der Waals surface area contributed by atoms with Gasteiger partial charge in [0.1, 0.15) is 0 Å². The van der Waals surface area contributed by atoms with Crippen molar-refractivity contribution in [3.63, 3.8) is 0 Å². The van der Waals surface area contributed by atoms with Crippen LogP contribution in [0.2, 0.25) is 0 Å². The monoisotopic (exact) mass is 223 g/mol. The summed E-state index contributed by atoms with van der Waals surface area (Å²) in [5, 5.41) is 11.5. The van der Waals surface area contributed by atoms with E-state index in [4.69, 9.17) is 5.73 Å². The van der Waals surface area contributed by atoms with Gasteiger partial charge in [-0.2, -0.15) is 0 Å². The molecule has 2 N–H and O–H groups in total. The third-order valence-electron chi connectivity index (χ3n) is 2.28. The Hall–Kier alpha value is -1.27. The second-order valence-corrected chi connectivity index (χ2v) is 4.69. The second kappa shape index (κ2) is 4.08. The zero-order chi connectivity index (χ0) is 10.8. The van der Waals surface area contributed by atoms with Crippen LogP contribution in [0.4, 0.5) is 0 Å². The van der Waals surface area contributed by atoms with Gasteiger partial charge in [0.2, 0.25) is 0 Å². The molecule has 0 saturated carbocycles. The molecule has 2 heterocycles. The first kappa shape index (κ1) is 10.3. The highest BCUT2D eigenvalue weighted by Gasteiger charge is 2.14. The maximum Gasteiger partial charge on any atom is 0.165 e. The van der Waals surface area contributed by atoms with Gasteiger partial charge in [0, 0.05) is 9.75 Å².